The van der Waals surface area contributed by atoms with E-state index in [2.05, 4.69) is 27.4 Å². The maximum Gasteiger partial charge on any atom is 0.416 e. The Morgan fingerprint density at radius 1 is 1.23 bits per heavy atom. The number of hydrogen-bond acceptors (Lipinski definition) is 3. The third-order valence-electron chi connectivity index (χ3n) is 4.86. The average Bonchev–Trinajstić information content (AvgIpc) is 3.08. The van der Waals surface area contributed by atoms with Crippen LogP contribution < -0.4 is 15.4 Å². The summed E-state index contributed by atoms with van der Waals surface area (Å²) in [7, 11) is 1.62. The largest absolute Gasteiger partial charge is 0.488 e. The van der Waals surface area contributed by atoms with Crippen molar-refractivity contribution >= 4 is 29.9 Å². The molecule has 1 saturated heterocycles. The Kier molecular flexibility index (Phi) is 10.2. The second-order valence-corrected chi connectivity index (χ2v) is 8.39. The number of nitrogens with one attached hydrogen (secondary N) is 2. The van der Waals surface area contributed by atoms with Crippen LogP contribution in [0.5, 0.6) is 5.75 Å². The minimum absolute atomic E-state index is 0. The molecule has 2 N–H and O–H groups in total. The molecule has 1 fully saturated rings. The van der Waals surface area contributed by atoms with Crippen LogP contribution in [0.2, 0.25) is 0 Å². The molecule has 2 rings (SSSR count). The highest BCUT2D eigenvalue weighted by Crippen LogP contribution is 2.35. The summed E-state index contributed by atoms with van der Waals surface area (Å²) >= 11 is 0. The normalized spacial score (nSPS) is 18.1. The first kappa shape index (κ1) is 26.8. The highest BCUT2D eigenvalue weighted by atomic mass is 127. The van der Waals surface area contributed by atoms with Gasteiger partial charge in [0, 0.05) is 26.7 Å². The monoisotopic (exact) mass is 542 g/mol. The van der Waals surface area contributed by atoms with Crippen molar-refractivity contribution in [2.75, 3.05) is 33.2 Å². The maximum atomic E-state index is 13.6. The van der Waals surface area contributed by atoms with Crippen LogP contribution >= 0.6 is 24.0 Å². The van der Waals surface area contributed by atoms with Crippen LogP contribution in [-0.4, -0.2) is 49.7 Å². The van der Waals surface area contributed by atoms with E-state index in [-0.39, 0.29) is 41.8 Å². The first-order chi connectivity index (χ1) is 13.5. The van der Waals surface area contributed by atoms with Gasteiger partial charge < -0.3 is 20.3 Å². The third-order valence-corrected chi connectivity index (χ3v) is 4.86. The minimum Gasteiger partial charge on any atom is -0.488 e. The number of rotatable bonds is 6. The molecule has 1 aromatic rings. The van der Waals surface area contributed by atoms with Crippen LogP contribution in [0.3, 0.4) is 0 Å². The van der Waals surface area contributed by atoms with Crippen LogP contribution in [0.15, 0.2) is 23.2 Å². The van der Waals surface area contributed by atoms with Gasteiger partial charge in [-0.15, -0.1) is 24.0 Å². The van der Waals surface area contributed by atoms with Crippen LogP contribution in [0.25, 0.3) is 0 Å². The summed E-state index contributed by atoms with van der Waals surface area (Å²) in [5.41, 5.74) is -1.11. The number of alkyl halides is 3. The predicted octanol–water partition coefficient (Wildman–Crippen LogP) is 4.51. The lowest BCUT2D eigenvalue weighted by atomic mass is 10.1. The van der Waals surface area contributed by atoms with Crippen LogP contribution in [-0.2, 0) is 12.7 Å². The van der Waals surface area contributed by atoms with Crippen molar-refractivity contribution in [1.29, 1.82) is 0 Å². The summed E-state index contributed by atoms with van der Waals surface area (Å²) < 4.78 is 46.3. The molecule has 1 aliphatic rings. The molecule has 1 atom stereocenters. The molecule has 172 valence electrons. The van der Waals surface area contributed by atoms with Gasteiger partial charge in [-0.05, 0) is 63.9 Å². The van der Waals surface area contributed by atoms with E-state index < -0.39 is 17.3 Å². The number of guanidine groups is 1. The van der Waals surface area contributed by atoms with Crippen LogP contribution in [0.4, 0.5) is 13.2 Å². The van der Waals surface area contributed by atoms with Gasteiger partial charge in [0.25, 0.3) is 0 Å². The summed E-state index contributed by atoms with van der Waals surface area (Å²) in [5, 5.41) is 6.23. The van der Waals surface area contributed by atoms with Gasteiger partial charge in [0.1, 0.15) is 11.4 Å². The van der Waals surface area contributed by atoms with Crippen molar-refractivity contribution in [2.24, 2.45) is 10.9 Å². The van der Waals surface area contributed by atoms with Crippen molar-refractivity contribution in [3.63, 3.8) is 0 Å². The number of aliphatic imine (C=N–C) groups is 1. The molecule has 0 saturated carbocycles. The number of hydrogen-bond donors (Lipinski definition) is 2. The lowest BCUT2D eigenvalue weighted by Gasteiger charge is -2.23. The number of nitrogens with zero attached hydrogens (tertiary/aromatic N) is 2. The highest BCUT2D eigenvalue weighted by molar-refractivity contribution is 14.0. The van der Waals surface area contributed by atoms with E-state index in [1.807, 2.05) is 0 Å². The average molecular weight is 542 g/mol. The maximum absolute atomic E-state index is 13.6. The Hall–Kier alpha value is -1.23. The molecule has 0 spiro atoms. The van der Waals surface area contributed by atoms with Gasteiger partial charge in [0.05, 0.1) is 5.56 Å². The SMILES string of the molecule is CCN1CCC(CNC(=NC)NCc2ccc(OC(C)(C)C)cc2C(F)(F)F)C1.I. The Morgan fingerprint density at radius 3 is 2.47 bits per heavy atom. The Balaban J connectivity index is 0.00000450. The smallest absolute Gasteiger partial charge is 0.416 e. The zero-order valence-corrected chi connectivity index (χ0v) is 20.7. The van der Waals surface area contributed by atoms with E-state index in [1.165, 1.54) is 6.07 Å². The van der Waals surface area contributed by atoms with Crippen LogP contribution in [0.1, 0.15) is 45.2 Å². The van der Waals surface area contributed by atoms with E-state index in [0.29, 0.717) is 11.9 Å². The third kappa shape index (κ3) is 8.49. The van der Waals surface area contributed by atoms with E-state index in [1.54, 1.807) is 33.9 Å². The molecule has 0 aliphatic carbocycles. The molecular weight excluding hydrogens is 508 g/mol. The van der Waals surface area contributed by atoms with Crippen molar-refractivity contribution < 1.29 is 17.9 Å². The fraction of sp³-hybridized carbons (Fsp3) is 0.667. The molecule has 5 nitrogen and oxygen atoms in total. The van der Waals surface area contributed by atoms with Crippen molar-refractivity contribution in [2.45, 2.75) is 52.4 Å². The molecule has 1 heterocycles. The van der Waals surface area contributed by atoms with Gasteiger partial charge in [-0.2, -0.15) is 13.2 Å². The van der Waals surface area contributed by atoms with E-state index in [0.717, 1.165) is 38.7 Å². The Morgan fingerprint density at radius 2 is 1.93 bits per heavy atom. The first-order valence-corrected chi connectivity index (χ1v) is 10.1. The topological polar surface area (TPSA) is 48.9 Å². The molecule has 1 aliphatic heterocycles. The molecule has 30 heavy (non-hydrogen) atoms. The Bertz CT molecular complexity index is 704. The van der Waals surface area contributed by atoms with Crippen molar-refractivity contribution in [1.82, 2.24) is 15.5 Å². The first-order valence-electron chi connectivity index (χ1n) is 10.1. The Labute approximate surface area is 194 Å². The van der Waals surface area contributed by atoms with E-state index in [9.17, 15) is 13.2 Å². The van der Waals surface area contributed by atoms with Gasteiger partial charge in [-0.25, -0.2) is 0 Å². The quantitative estimate of drug-likeness (QED) is 0.316. The fourth-order valence-electron chi connectivity index (χ4n) is 3.40. The predicted molar refractivity (Wildman–Crippen MR) is 126 cm³/mol. The number of benzene rings is 1. The zero-order chi connectivity index (χ0) is 21.7. The lowest BCUT2D eigenvalue weighted by molar-refractivity contribution is -0.138. The molecule has 0 radical (unpaired) electrons. The van der Waals surface area contributed by atoms with E-state index >= 15 is 0 Å². The summed E-state index contributed by atoms with van der Waals surface area (Å²) in [5.74, 6) is 1.23. The second kappa shape index (κ2) is 11.4. The van der Waals surface area contributed by atoms with Crippen LogP contribution in [0, 0.1) is 5.92 Å². The molecular formula is C21H34F3IN4O. The number of likely N-dealkylation sites (tertiary alicyclic amines) is 1. The summed E-state index contributed by atoms with van der Waals surface area (Å²) in [6, 6.07) is 4.10. The van der Waals surface area contributed by atoms with Crippen molar-refractivity contribution in [3.8, 4) is 5.75 Å². The van der Waals surface area contributed by atoms with Gasteiger partial charge in [0.2, 0.25) is 0 Å². The zero-order valence-electron chi connectivity index (χ0n) is 18.4. The molecule has 0 bridgehead atoms. The van der Waals surface area contributed by atoms with Gasteiger partial charge >= 0.3 is 6.18 Å². The number of ether oxygens (including phenoxy) is 1. The van der Waals surface area contributed by atoms with E-state index in [4.69, 9.17) is 4.74 Å². The summed E-state index contributed by atoms with van der Waals surface area (Å²) in [4.78, 5) is 6.52. The fourth-order valence-corrected chi connectivity index (χ4v) is 3.40. The molecule has 1 unspecified atom stereocenters. The lowest BCUT2D eigenvalue weighted by Crippen LogP contribution is -2.40. The highest BCUT2D eigenvalue weighted by Gasteiger charge is 2.34. The standard InChI is InChI=1S/C21H33F3N4O.HI/c1-6-28-10-9-15(14-28)12-26-19(25-5)27-13-16-7-8-17(29-20(2,3)4)11-18(16)21(22,23)24;/h7-8,11,15H,6,9-10,12-14H2,1-5H3,(H2,25,26,27);1H. The number of halogens is 4. The summed E-state index contributed by atoms with van der Waals surface area (Å²) in [6.45, 7) is 11.5. The minimum atomic E-state index is -4.46. The summed E-state index contributed by atoms with van der Waals surface area (Å²) in [6.07, 6.45) is -3.34. The van der Waals surface area contributed by atoms with Gasteiger partial charge in [0.15, 0.2) is 5.96 Å². The molecule has 9 heteroatoms. The van der Waals surface area contributed by atoms with Gasteiger partial charge in [-0.3, -0.25) is 4.99 Å². The second-order valence-electron chi connectivity index (χ2n) is 8.39. The van der Waals surface area contributed by atoms with Crippen molar-refractivity contribution in [3.05, 3.63) is 29.3 Å². The molecule has 1 aromatic carbocycles. The molecule has 0 aromatic heterocycles. The van der Waals surface area contributed by atoms with Gasteiger partial charge in [-0.1, -0.05) is 13.0 Å². The molecule has 0 amide bonds.